The third kappa shape index (κ3) is 1.74. The standard InChI is InChI=1S/C10H10O4/c1-6-8(10(12)13)3-7(5-11)4-9(6)14-2/h3-5H,1-2H3,(H,12,13). The van der Waals surface area contributed by atoms with Crippen LogP contribution in [0.25, 0.3) is 0 Å². The van der Waals surface area contributed by atoms with E-state index in [1.807, 2.05) is 0 Å². The largest absolute Gasteiger partial charge is 0.496 e. The van der Waals surface area contributed by atoms with Gasteiger partial charge in [0.2, 0.25) is 0 Å². The Morgan fingerprint density at radius 2 is 2.14 bits per heavy atom. The number of carboxylic acid groups (broad SMARTS) is 1. The minimum atomic E-state index is -1.07. The molecule has 0 aliphatic rings. The predicted molar refractivity (Wildman–Crippen MR) is 50.1 cm³/mol. The van der Waals surface area contributed by atoms with Gasteiger partial charge in [0.05, 0.1) is 12.7 Å². The van der Waals surface area contributed by atoms with E-state index < -0.39 is 5.97 Å². The highest BCUT2D eigenvalue weighted by atomic mass is 16.5. The zero-order valence-corrected chi connectivity index (χ0v) is 7.90. The highest BCUT2D eigenvalue weighted by molar-refractivity contribution is 5.92. The van der Waals surface area contributed by atoms with Gasteiger partial charge in [-0.1, -0.05) is 0 Å². The Hall–Kier alpha value is -1.84. The Morgan fingerprint density at radius 1 is 1.50 bits per heavy atom. The van der Waals surface area contributed by atoms with Gasteiger partial charge < -0.3 is 9.84 Å². The van der Waals surface area contributed by atoms with Crippen molar-refractivity contribution in [1.29, 1.82) is 0 Å². The van der Waals surface area contributed by atoms with Crippen LogP contribution >= 0.6 is 0 Å². The van der Waals surface area contributed by atoms with E-state index in [2.05, 4.69) is 0 Å². The molecular weight excluding hydrogens is 184 g/mol. The lowest BCUT2D eigenvalue weighted by Gasteiger charge is -2.08. The van der Waals surface area contributed by atoms with E-state index in [1.165, 1.54) is 19.2 Å². The number of rotatable bonds is 3. The molecule has 4 nitrogen and oxygen atoms in total. The highest BCUT2D eigenvalue weighted by Crippen LogP contribution is 2.23. The van der Waals surface area contributed by atoms with Crippen LogP contribution in [0, 0.1) is 6.92 Å². The molecule has 1 rings (SSSR count). The second-order valence-corrected chi connectivity index (χ2v) is 2.82. The lowest BCUT2D eigenvalue weighted by molar-refractivity contribution is 0.0695. The molecule has 0 amide bonds. The average molecular weight is 194 g/mol. The fourth-order valence-electron chi connectivity index (χ4n) is 1.21. The van der Waals surface area contributed by atoms with E-state index in [9.17, 15) is 9.59 Å². The summed E-state index contributed by atoms with van der Waals surface area (Å²) in [6, 6.07) is 2.84. The molecule has 1 aromatic carbocycles. The van der Waals surface area contributed by atoms with E-state index >= 15 is 0 Å². The molecule has 0 fully saturated rings. The van der Waals surface area contributed by atoms with Crippen molar-refractivity contribution in [3.63, 3.8) is 0 Å². The molecule has 4 heteroatoms. The Morgan fingerprint density at radius 3 is 2.57 bits per heavy atom. The number of carboxylic acids is 1. The Bertz CT molecular complexity index is 382. The van der Waals surface area contributed by atoms with E-state index in [4.69, 9.17) is 9.84 Å². The van der Waals surface area contributed by atoms with Crippen LogP contribution in [0.2, 0.25) is 0 Å². The van der Waals surface area contributed by atoms with Crippen molar-refractivity contribution in [3.8, 4) is 5.75 Å². The molecule has 0 aliphatic heterocycles. The second kappa shape index (κ2) is 3.91. The first-order valence-electron chi connectivity index (χ1n) is 3.97. The number of ether oxygens (including phenoxy) is 1. The van der Waals surface area contributed by atoms with Gasteiger partial charge in [0.1, 0.15) is 12.0 Å². The second-order valence-electron chi connectivity index (χ2n) is 2.82. The molecule has 0 saturated heterocycles. The van der Waals surface area contributed by atoms with Crippen LogP contribution in [0.5, 0.6) is 5.75 Å². The van der Waals surface area contributed by atoms with Crippen molar-refractivity contribution in [3.05, 3.63) is 28.8 Å². The monoisotopic (exact) mass is 194 g/mol. The van der Waals surface area contributed by atoms with Gasteiger partial charge in [0.15, 0.2) is 0 Å². The van der Waals surface area contributed by atoms with Crippen molar-refractivity contribution < 1.29 is 19.4 Å². The number of methoxy groups -OCH3 is 1. The van der Waals surface area contributed by atoms with Crippen LogP contribution in [0.1, 0.15) is 26.3 Å². The number of aromatic carboxylic acids is 1. The van der Waals surface area contributed by atoms with Crippen LogP contribution < -0.4 is 4.74 Å². The van der Waals surface area contributed by atoms with Crippen LogP contribution in [-0.4, -0.2) is 24.5 Å². The van der Waals surface area contributed by atoms with Gasteiger partial charge in [0, 0.05) is 11.1 Å². The minimum absolute atomic E-state index is 0.0893. The van der Waals surface area contributed by atoms with Gasteiger partial charge in [-0.3, -0.25) is 4.79 Å². The first-order valence-corrected chi connectivity index (χ1v) is 3.97. The molecule has 0 atom stereocenters. The number of carbonyl (C=O) groups excluding carboxylic acids is 1. The summed E-state index contributed by atoms with van der Waals surface area (Å²) < 4.78 is 4.96. The summed E-state index contributed by atoms with van der Waals surface area (Å²) in [5.41, 5.74) is 0.905. The van der Waals surface area contributed by atoms with Gasteiger partial charge in [0.25, 0.3) is 0 Å². The van der Waals surface area contributed by atoms with E-state index in [1.54, 1.807) is 6.92 Å². The number of aldehydes is 1. The first kappa shape index (κ1) is 10.2. The van der Waals surface area contributed by atoms with E-state index in [0.29, 0.717) is 23.2 Å². The molecule has 1 aromatic rings. The van der Waals surface area contributed by atoms with E-state index in [0.717, 1.165) is 0 Å². The lowest BCUT2D eigenvalue weighted by Crippen LogP contribution is -2.03. The van der Waals surface area contributed by atoms with Crippen molar-refractivity contribution in [2.75, 3.05) is 7.11 Å². The van der Waals surface area contributed by atoms with Crippen LogP contribution in [0.4, 0.5) is 0 Å². The number of hydrogen-bond donors (Lipinski definition) is 1. The molecule has 0 aromatic heterocycles. The van der Waals surface area contributed by atoms with Crippen LogP contribution in [0.3, 0.4) is 0 Å². The van der Waals surface area contributed by atoms with Crippen molar-refractivity contribution >= 4 is 12.3 Å². The quantitative estimate of drug-likeness (QED) is 0.741. The van der Waals surface area contributed by atoms with Crippen LogP contribution in [-0.2, 0) is 0 Å². The molecule has 0 aliphatic carbocycles. The third-order valence-electron chi connectivity index (χ3n) is 1.97. The summed E-state index contributed by atoms with van der Waals surface area (Å²) in [6.45, 7) is 1.64. The Kier molecular flexibility index (Phi) is 2.86. The van der Waals surface area contributed by atoms with Gasteiger partial charge in [-0.2, -0.15) is 0 Å². The van der Waals surface area contributed by atoms with Crippen molar-refractivity contribution in [1.82, 2.24) is 0 Å². The van der Waals surface area contributed by atoms with Gasteiger partial charge in [-0.15, -0.1) is 0 Å². The van der Waals surface area contributed by atoms with Gasteiger partial charge >= 0.3 is 5.97 Å². The highest BCUT2D eigenvalue weighted by Gasteiger charge is 2.12. The maximum absolute atomic E-state index is 10.8. The first-order chi connectivity index (χ1) is 6.60. The molecule has 0 unspecified atom stereocenters. The Balaban J connectivity index is 3.41. The predicted octanol–water partition coefficient (Wildman–Crippen LogP) is 1.51. The molecular formula is C10H10O4. The summed E-state index contributed by atoms with van der Waals surface area (Å²) in [5.74, 6) is -0.656. The SMILES string of the molecule is COc1cc(C=O)cc(C(=O)O)c1C. The summed E-state index contributed by atoms with van der Waals surface area (Å²) in [4.78, 5) is 21.3. The topological polar surface area (TPSA) is 63.6 Å². The third-order valence-corrected chi connectivity index (χ3v) is 1.97. The van der Waals surface area contributed by atoms with E-state index in [-0.39, 0.29) is 5.56 Å². The summed E-state index contributed by atoms with van der Waals surface area (Å²) >= 11 is 0. The minimum Gasteiger partial charge on any atom is -0.496 e. The molecule has 1 N–H and O–H groups in total. The van der Waals surface area contributed by atoms with Crippen LogP contribution in [0.15, 0.2) is 12.1 Å². The zero-order valence-electron chi connectivity index (χ0n) is 7.90. The summed E-state index contributed by atoms with van der Waals surface area (Å²) in [6.07, 6.45) is 0.592. The summed E-state index contributed by atoms with van der Waals surface area (Å²) in [5, 5.41) is 8.83. The molecule has 0 spiro atoms. The van der Waals surface area contributed by atoms with Gasteiger partial charge in [-0.25, -0.2) is 4.79 Å². The molecule has 0 heterocycles. The molecule has 14 heavy (non-hydrogen) atoms. The average Bonchev–Trinajstić information content (AvgIpc) is 2.17. The Labute approximate surface area is 81.1 Å². The number of hydrogen-bond acceptors (Lipinski definition) is 3. The lowest BCUT2D eigenvalue weighted by atomic mass is 10.0. The number of benzene rings is 1. The van der Waals surface area contributed by atoms with Crippen molar-refractivity contribution in [2.45, 2.75) is 6.92 Å². The fourth-order valence-corrected chi connectivity index (χ4v) is 1.21. The molecule has 0 radical (unpaired) electrons. The maximum atomic E-state index is 10.8. The number of carbonyl (C=O) groups is 2. The molecule has 0 bridgehead atoms. The maximum Gasteiger partial charge on any atom is 0.336 e. The fraction of sp³-hybridized carbons (Fsp3) is 0.200. The normalized spacial score (nSPS) is 9.57. The zero-order chi connectivity index (χ0) is 10.7. The molecule has 74 valence electrons. The summed E-state index contributed by atoms with van der Waals surface area (Å²) in [7, 11) is 1.43. The molecule has 0 saturated carbocycles. The van der Waals surface area contributed by atoms with Crippen molar-refractivity contribution in [2.24, 2.45) is 0 Å². The smallest absolute Gasteiger partial charge is 0.336 e. The van der Waals surface area contributed by atoms with Gasteiger partial charge in [-0.05, 0) is 19.1 Å².